The molecule has 14 heavy (non-hydrogen) atoms. The van der Waals surface area contributed by atoms with Gasteiger partial charge in [0.1, 0.15) is 5.15 Å². The second-order valence-corrected chi connectivity index (χ2v) is 5.56. The van der Waals surface area contributed by atoms with Gasteiger partial charge in [-0.3, -0.25) is 0 Å². The Morgan fingerprint density at radius 2 is 2.43 bits per heavy atom. The molecule has 0 aliphatic rings. The fourth-order valence-corrected chi connectivity index (χ4v) is 2.06. The summed E-state index contributed by atoms with van der Waals surface area (Å²) in [6.07, 6.45) is 4.50. The molecule has 0 aliphatic carbocycles. The Morgan fingerprint density at radius 3 is 2.93 bits per heavy atom. The van der Waals surface area contributed by atoms with E-state index < -0.39 is 9.73 Å². The van der Waals surface area contributed by atoms with E-state index in [0.717, 1.165) is 5.56 Å². The largest absolute Gasteiger partial charge is 0.249 e. The molecule has 1 atom stereocenters. The normalized spacial score (nSPS) is 14.1. The number of halogens is 1. The average molecular weight is 230 g/mol. The molecule has 0 aromatic carbocycles. The Bertz CT molecular complexity index is 468. The number of aromatic nitrogens is 1. The first-order valence-corrected chi connectivity index (χ1v) is 6.19. The van der Waals surface area contributed by atoms with Crippen LogP contribution in [0.3, 0.4) is 0 Å². The zero-order chi connectivity index (χ0) is 10.6. The molecule has 0 aliphatic heterocycles. The van der Waals surface area contributed by atoms with E-state index in [-0.39, 0.29) is 5.75 Å². The minimum atomic E-state index is -2.47. The van der Waals surface area contributed by atoms with Crippen molar-refractivity contribution >= 4 is 21.3 Å². The predicted molar refractivity (Wildman–Crippen MR) is 55.1 cm³/mol. The third-order valence-corrected chi connectivity index (χ3v) is 3.02. The fourth-order valence-electron chi connectivity index (χ4n) is 0.920. The zero-order valence-electron chi connectivity index (χ0n) is 7.48. The lowest BCUT2D eigenvalue weighted by atomic mass is 10.3. The van der Waals surface area contributed by atoms with Gasteiger partial charge in [-0.15, -0.1) is 4.36 Å². The minimum Gasteiger partial charge on any atom is -0.249 e. The van der Waals surface area contributed by atoms with Gasteiger partial charge in [0, 0.05) is 12.5 Å². The first kappa shape index (κ1) is 11.0. The molecule has 0 radical (unpaired) electrons. The summed E-state index contributed by atoms with van der Waals surface area (Å²) < 4.78 is 14.9. The van der Waals surface area contributed by atoms with Crippen LogP contribution < -0.4 is 0 Å². The number of nitriles is 1. The van der Waals surface area contributed by atoms with Crippen molar-refractivity contribution in [3.05, 3.63) is 29.0 Å². The fraction of sp³-hybridized carbons (Fsp3) is 0.250. The van der Waals surface area contributed by atoms with Crippen LogP contribution in [0.1, 0.15) is 5.56 Å². The van der Waals surface area contributed by atoms with Crippen molar-refractivity contribution in [3.8, 4) is 6.19 Å². The lowest BCUT2D eigenvalue weighted by Gasteiger charge is -2.00. The number of hydrogen-bond acceptors (Lipinski definition) is 4. The Kier molecular flexibility index (Phi) is 3.44. The van der Waals surface area contributed by atoms with Crippen LogP contribution >= 0.6 is 11.6 Å². The Morgan fingerprint density at radius 1 is 1.71 bits per heavy atom. The molecule has 1 aromatic heterocycles. The van der Waals surface area contributed by atoms with Crippen molar-refractivity contribution in [2.75, 3.05) is 6.26 Å². The van der Waals surface area contributed by atoms with Crippen LogP contribution in [0.2, 0.25) is 5.15 Å². The molecule has 0 saturated heterocycles. The third-order valence-electron chi connectivity index (χ3n) is 1.46. The molecule has 0 fully saturated rings. The summed E-state index contributed by atoms with van der Waals surface area (Å²) in [6.45, 7) is 0. The molecule has 0 amide bonds. The quantitative estimate of drug-likeness (QED) is 0.574. The van der Waals surface area contributed by atoms with E-state index in [9.17, 15) is 4.21 Å². The number of pyridine rings is 1. The van der Waals surface area contributed by atoms with E-state index in [4.69, 9.17) is 16.9 Å². The molecule has 74 valence electrons. The first-order chi connectivity index (χ1) is 6.53. The van der Waals surface area contributed by atoms with Gasteiger partial charge in [-0.2, -0.15) is 5.26 Å². The highest BCUT2D eigenvalue weighted by Gasteiger charge is 2.03. The maximum atomic E-state index is 11.6. The summed E-state index contributed by atoms with van der Waals surface area (Å²) in [6, 6.07) is 3.32. The number of nitrogens with zero attached hydrogens (tertiary/aromatic N) is 3. The van der Waals surface area contributed by atoms with Gasteiger partial charge in [0.2, 0.25) is 6.19 Å². The highest BCUT2D eigenvalue weighted by atomic mass is 35.5. The molecule has 0 spiro atoms. The van der Waals surface area contributed by atoms with Gasteiger partial charge in [-0.05, 0) is 11.6 Å². The molecule has 4 nitrogen and oxygen atoms in total. The van der Waals surface area contributed by atoms with Crippen LogP contribution in [-0.2, 0) is 15.5 Å². The van der Waals surface area contributed by atoms with Gasteiger partial charge in [0.15, 0.2) is 0 Å². The molecule has 6 heteroatoms. The van der Waals surface area contributed by atoms with E-state index in [1.807, 2.05) is 0 Å². The van der Waals surface area contributed by atoms with E-state index in [1.54, 1.807) is 18.3 Å². The van der Waals surface area contributed by atoms with Crippen molar-refractivity contribution in [1.82, 2.24) is 4.98 Å². The first-order valence-electron chi connectivity index (χ1n) is 3.72. The van der Waals surface area contributed by atoms with Gasteiger partial charge in [0.25, 0.3) is 0 Å². The summed E-state index contributed by atoms with van der Waals surface area (Å²) in [5, 5.41) is 8.67. The van der Waals surface area contributed by atoms with E-state index in [0.29, 0.717) is 5.15 Å². The average Bonchev–Trinajstić information content (AvgIpc) is 2.08. The highest BCUT2D eigenvalue weighted by Crippen LogP contribution is 2.09. The Labute approximate surface area is 87.7 Å². The number of hydrogen-bond donors (Lipinski definition) is 0. The standard InChI is InChI=1S/C8H8ClN3OS/c1-14(13,12-6-10)5-7-2-3-8(9)11-4-7/h2-4H,5H2,1H3. The zero-order valence-corrected chi connectivity index (χ0v) is 9.05. The van der Waals surface area contributed by atoms with Crippen LogP contribution in [0.5, 0.6) is 0 Å². The molecule has 1 unspecified atom stereocenters. The Hall–Kier alpha value is -1.12. The topological polar surface area (TPSA) is 66.1 Å². The minimum absolute atomic E-state index is 0.213. The number of rotatable bonds is 2. The van der Waals surface area contributed by atoms with Crippen LogP contribution in [-0.4, -0.2) is 15.4 Å². The third kappa shape index (κ3) is 3.32. The Balaban J connectivity index is 2.91. The van der Waals surface area contributed by atoms with E-state index >= 15 is 0 Å². The molecule has 1 heterocycles. The summed E-state index contributed by atoms with van der Waals surface area (Å²) in [5.74, 6) is 0.213. The lowest BCUT2D eigenvalue weighted by Crippen LogP contribution is -2.00. The van der Waals surface area contributed by atoms with Crippen molar-refractivity contribution in [3.63, 3.8) is 0 Å². The molecule has 0 bridgehead atoms. The van der Waals surface area contributed by atoms with Gasteiger partial charge in [0.05, 0.1) is 15.5 Å². The van der Waals surface area contributed by atoms with Gasteiger partial charge in [-0.1, -0.05) is 17.7 Å². The van der Waals surface area contributed by atoms with Crippen molar-refractivity contribution in [1.29, 1.82) is 5.26 Å². The monoisotopic (exact) mass is 229 g/mol. The predicted octanol–water partition coefficient (Wildman–Crippen LogP) is 1.81. The highest BCUT2D eigenvalue weighted by molar-refractivity contribution is 7.92. The maximum absolute atomic E-state index is 11.6. The molecule has 1 aromatic rings. The van der Waals surface area contributed by atoms with Crippen molar-refractivity contribution in [2.24, 2.45) is 4.36 Å². The summed E-state index contributed by atoms with van der Waals surface area (Å²) in [5.41, 5.74) is 0.751. The van der Waals surface area contributed by atoms with Gasteiger partial charge < -0.3 is 0 Å². The smallest absolute Gasteiger partial charge is 0.214 e. The van der Waals surface area contributed by atoms with Crippen LogP contribution in [0.4, 0.5) is 0 Å². The molecular formula is C8H8ClN3OS. The SMILES string of the molecule is CS(=O)(Cc1ccc(Cl)nc1)=NC#N. The second-order valence-electron chi connectivity index (χ2n) is 2.78. The van der Waals surface area contributed by atoms with E-state index in [2.05, 4.69) is 9.35 Å². The second kappa shape index (κ2) is 4.40. The van der Waals surface area contributed by atoms with Gasteiger partial charge >= 0.3 is 0 Å². The van der Waals surface area contributed by atoms with E-state index in [1.165, 1.54) is 12.5 Å². The van der Waals surface area contributed by atoms with Crippen LogP contribution in [0.25, 0.3) is 0 Å². The summed E-state index contributed by atoms with van der Waals surface area (Å²) in [7, 11) is -2.47. The summed E-state index contributed by atoms with van der Waals surface area (Å²) in [4.78, 5) is 3.84. The van der Waals surface area contributed by atoms with Crippen molar-refractivity contribution in [2.45, 2.75) is 5.75 Å². The lowest BCUT2D eigenvalue weighted by molar-refractivity contribution is 0.680. The molecular weight excluding hydrogens is 222 g/mol. The van der Waals surface area contributed by atoms with Crippen LogP contribution in [0, 0.1) is 11.5 Å². The maximum Gasteiger partial charge on any atom is 0.214 e. The summed E-state index contributed by atoms with van der Waals surface area (Å²) >= 11 is 5.59. The van der Waals surface area contributed by atoms with Crippen molar-refractivity contribution < 1.29 is 4.21 Å². The molecule has 1 rings (SSSR count). The molecule has 0 N–H and O–H groups in total. The molecule has 0 saturated carbocycles. The van der Waals surface area contributed by atoms with Crippen LogP contribution in [0.15, 0.2) is 22.7 Å². The van der Waals surface area contributed by atoms with Gasteiger partial charge in [-0.25, -0.2) is 9.19 Å².